The molecule has 24 heavy (non-hydrogen) atoms. The van der Waals surface area contributed by atoms with Gasteiger partial charge in [0.15, 0.2) is 0 Å². The third-order valence-electron chi connectivity index (χ3n) is 3.08. The molecular weight excluding hydrogens is 333 g/mol. The largest absolute Gasteiger partial charge is 0.326 e. The van der Waals surface area contributed by atoms with Gasteiger partial charge in [-0.3, -0.25) is 5.32 Å². The first-order valence-electron chi connectivity index (χ1n) is 7.06. The third-order valence-corrected chi connectivity index (χ3v) is 3.31. The van der Waals surface area contributed by atoms with Gasteiger partial charge in [0.05, 0.1) is 6.54 Å². The number of anilines is 2. The summed E-state index contributed by atoms with van der Waals surface area (Å²) in [5.74, 6) is -0.289. The molecule has 0 spiro atoms. The summed E-state index contributed by atoms with van der Waals surface area (Å²) < 4.78 is 14.6. The number of carbonyl (C=O) groups is 1. The maximum atomic E-state index is 13.1. The molecule has 0 bridgehead atoms. The third kappa shape index (κ3) is 4.30. The number of nitrogens with zero attached hydrogens (tertiary/aromatic N) is 3. The zero-order chi connectivity index (χ0) is 16.9. The second-order valence-corrected chi connectivity index (χ2v) is 5.42. The van der Waals surface area contributed by atoms with Crippen molar-refractivity contribution in [2.24, 2.45) is 0 Å². The van der Waals surface area contributed by atoms with E-state index in [9.17, 15) is 9.18 Å². The number of hydrogen-bond donors (Lipinski definition) is 2. The van der Waals surface area contributed by atoms with Crippen molar-refractivity contribution in [1.82, 2.24) is 14.8 Å². The van der Waals surface area contributed by atoms with Crippen LogP contribution in [-0.4, -0.2) is 20.8 Å². The molecule has 6 nitrogen and oxygen atoms in total. The van der Waals surface area contributed by atoms with Crippen molar-refractivity contribution in [3.63, 3.8) is 0 Å². The van der Waals surface area contributed by atoms with Crippen molar-refractivity contribution in [3.8, 4) is 0 Å². The van der Waals surface area contributed by atoms with E-state index in [4.69, 9.17) is 11.6 Å². The molecule has 1 aromatic heterocycles. The van der Waals surface area contributed by atoms with E-state index < -0.39 is 11.8 Å². The Kier molecular flexibility index (Phi) is 4.72. The Hall–Kier alpha value is -2.93. The zero-order valence-electron chi connectivity index (χ0n) is 12.4. The molecule has 0 aliphatic rings. The molecule has 8 heteroatoms. The predicted molar refractivity (Wildman–Crippen MR) is 89.6 cm³/mol. The summed E-state index contributed by atoms with van der Waals surface area (Å²) >= 11 is 5.94. The summed E-state index contributed by atoms with van der Waals surface area (Å²) in [6, 6.07) is 12.4. The summed E-state index contributed by atoms with van der Waals surface area (Å²) in [5.41, 5.74) is 1.30. The van der Waals surface area contributed by atoms with Crippen LogP contribution in [-0.2, 0) is 6.54 Å². The van der Waals surface area contributed by atoms with E-state index in [1.165, 1.54) is 24.5 Å². The number of aromatic nitrogens is 3. The predicted octanol–water partition coefficient (Wildman–Crippen LogP) is 3.76. The van der Waals surface area contributed by atoms with E-state index in [1.54, 1.807) is 16.8 Å². The van der Waals surface area contributed by atoms with E-state index in [1.807, 2.05) is 18.2 Å². The maximum Gasteiger partial charge on any atom is 0.326 e. The van der Waals surface area contributed by atoms with Crippen LogP contribution in [0.15, 0.2) is 54.9 Å². The molecule has 3 aromatic rings. The number of urea groups is 1. The van der Waals surface area contributed by atoms with E-state index in [2.05, 4.69) is 20.7 Å². The number of nitrogens with one attached hydrogen (secondary N) is 2. The summed E-state index contributed by atoms with van der Waals surface area (Å²) in [6.07, 6.45) is 1.50. The summed E-state index contributed by atoms with van der Waals surface area (Å²) in [5, 5.41) is 9.78. The van der Waals surface area contributed by atoms with Crippen molar-refractivity contribution in [2.75, 3.05) is 10.6 Å². The molecule has 0 atom stereocenters. The standard InChI is InChI=1S/C16H13ClFN5O/c17-12-4-1-3-11(7-12)9-23-10-19-15(22-23)21-16(24)20-14-6-2-5-13(18)8-14/h1-8,10H,9H2,(H2,20,21,22,24). The lowest BCUT2D eigenvalue weighted by molar-refractivity contribution is 0.262. The Bertz CT molecular complexity index is 867. The monoisotopic (exact) mass is 345 g/mol. The Balaban J connectivity index is 1.60. The normalized spacial score (nSPS) is 10.4. The molecule has 0 saturated heterocycles. The molecule has 0 fully saturated rings. The molecule has 122 valence electrons. The number of benzene rings is 2. The fraction of sp³-hybridized carbons (Fsp3) is 0.0625. The molecular formula is C16H13ClFN5O. The highest BCUT2D eigenvalue weighted by molar-refractivity contribution is 6.30. The van der Waals surface area contributed by atoms with Crippen LogP contribution in [0.4, 0.5) is 20.8 Å². The van der Waals surface area contributed by atoms with Crippen molar-refractivity contribution >= 4 is 29.3 Å². The Morgan fingerprint density at radius 2 is 2.00 bits per heavy atom. The first-order chi connectivity index (χ1) is 11.6. The molecule has 0 radical (unpaired) electrons. The van der Waals surface area contributed by atoms with Gasteiger partial charge in [-0.25, -0.2) is 18.9 Å². The molecule has 2 aromatic carbocycles. The highest BCUT2D eigenvalue weighted by atomic mass is 35.5. The van der Waals surface area contributed by atoms with Gasteiger partial charge in [0.2, 0.25) is 5.95 Å². The number of hydrogen-bond acceptors (Lipinski definition) is 3. The molecule has 0 saturated carbocycles. The van der Waals surface area contributed by atoms with E-state index in [-0.39, 0.29) is 5.95 Å². The summed E-state index contributed by atoms with van der Waals surface area (Å²) in [6.45, 7) is 0.473. The minimum atomic E-state index is -0.555. The molecule has 1 heterocycles. The maximum absolute atomic E-state index is 13.1. The van der Waals surface area contributed by atoms with Crippen molar-refractivity contribution in [1.29, 1.82) is 0 Å². The second-order valence-electron chi connectivity index (χ2n) is 4.99. The zero-order valence-corrected chi connectivity index (χ0v) is 13.2. The van der Waals surface area contributed by atoms with E-state index >= 15 is 0 Å². The molecule has 2 amide bonds. The highest BCUT2D eigenvalue weighted by Crippen LogP contribution is 2.12. The first-order valence-corrected chi connectivity index (χ1v) is 7.44. The van der Waals surface area contributed by atoms with Gasteiger partial charge in [0.25, 0.3) is 0 Å². The smallest absolute Gasteiger partial charge is 0.308 e. The summed E-state index contributed by atoms with van der Waals surface area (Å²) in [4.78, 5) is 15.9. The topological polar surface area (TPSA) is 71.8 Å². The van der Waals surface area contributed by atoms with E-state index in [0.29, 0.717) is 17.3 Å². The van der Waals surface area contributed by atoms with Crippen LogP contribution in [0.3, 0.4) is 0 Å². The quantitative estimate of drug-likeness (QED) is 0.756. The minimum absolute atomic E-state index is 0.144. The van der Waals surface area contributed by atoms with Crippen molar-refractivity contribution in [3.05, 3.63) is 71.3 Å². The van der Waals surface area contributed by atoms with Crippen LogP contribution in [0.25, 0.3) is 0 Å². The van der Waals surface area contributed by atoms with Crippen molar-refractivity contribution < 1.29 is 9.18 Å². The lowest BCUT2D eigenvalue weighted by atomic mass is 10.2. The second kappa shape index (κ2) is 7.10. The van der Waals surface area contributed by atoms with Gasteiger partial charge in [-0.2, -0.15) is 0 Å². The van der Waals surface area contributed by atoms with Crippen LogP contribution in [0.2, 0.25) is 5.02 Å². The van der Waals surface area contributed by atoms with Gasteiger partial charge in [-0.1, -0.05) is 29.8 Å². The van der Waals surface area contributed by atoms with Crippen LogP contribution in [0.1, 0.15) is 5.56 Å². The number of amides is 2. The minimum Gasteiger partial charge on any atom is -0.308 e. The summed E-state index contributed by atoms with van der Waals surface area (Å²) in [7, 11) is 0. The SMILES string of the molecule is O=C(Nc1cccc(F)c1)Nc1ncn(Cc2cccc(Cl)c2)n1. The van der Waals surface area contributed by atoms with E-state index in [0.717, 1.165) is 5.56 Å². The average Bonchev–Trinajstić information content (AvgIpc) is 2.94. The Morgan fingerprint density at radius 1 is 1.17 bits per heavy atom. The van der Waals surface area contributed by atoms with Gasteiger partial charge >= 0.3 is 6.03 Å². The molecule has 0 aliphatic carbocycles. The van der Waals surface area contributed by atoms with Crippen LogP contribution < -0.4 is 10.6 Å². The Morgan fingerprint density at radius 3 is 2.79 bits per heavy atom. The Labute approximate surface area is 142 Å². The number of halogens is 2. The van der Waals surface area contributed by atoms with Gasteiger partial charge < -0.3 is 5.32 Å². The van der Waals surface area contributed by atoms with Gasteiger partial charge in [0, 0.05) is 10.7 Å². The fourth-order valence-corrected chi connectivity index (χ4v) is 2.29. The van der Waals surface area contributed by atoms with Gasteiger partial charge in [-0.15, -0.1) is 5.10 Å². The van der Waals surface area contributed by atoms with Gasteiger partial charge in [-0.05, 0) is 35.9 Å². The lowest BCUT2D eigenvalue weighted by Gasteiger charge is -2.05. The van der Waals surface area contributed by atoms with Crippen molar-refractivity contribution in [2.45, 2.75) is 6.54 Å². The van der Waals surface area contributed by atoms with Crippen LogP contribution >= 0.6 is 11.6 Å². The fourth-order valence-electron chi connectivity index (χ4n) is 2.08. The first kappa shape index (κ1) is 15.9. The average molecular weight is 346 g/mol. The van der Waals surface area contributed by atoms with Crippen LogP contribution in [0.5, 0.6) is 0 Å². The molecule has 0 aliphatic heterocycles. The molecule has 3 rings (SSSR count). The number of rotatable bonds is 4. The number of carbonyl (C=O) groups excluding carboxylic acids is 1. The lowest BCUT2D eigenvalue weighted by Crippen LogP contribution is -2.20. The molecule has 2 N–H and O–H groups in total. The highest BCUT2D eigenvalue weighted by Gasteiger charge is 2.07. The van der Waals surface area contributed by atoms with Gasteiger partial charge in [0.1, 0.15) is 12.1 Å². The van der Waals surface area contributed by atoms with Crippen LogP contribution in [0, 0.1) is 5.82 Å². The molecule has 0 unspecified atom stereocenters.